The molecule has 2 N–H and O–H groups in total. The van der Waals surface area contributed by atoms with Crippen molar-refractivity contribution in [2.45, 2.75) is 0 Å². The lowest BCUT2D eigenvalue weighted by Gasteiger charge is -2.02. The highest BCUT2D eigenvalue weighted by molar-refractivity contribution is 6.04. The molecule has 0 bridgehead atoms. The van der Waals surface area contributed by atoms with Crippen molar-refractivity contribution < 1.29 is 9.18 Å². The second-order valence-corrected chi connectivity index (χ2v) is 2.86. The van der Waals surface area contributed by atoms with E-state index >= 15 is 0 Å². The molecule has 1 amide bonds. The summed E-state index contributed by atoms with van der Waals surface area (Å²) in [5, 5.41) is 0.309. The summed E-state index contributed by atoms with van der Waals surface area (Å²) in [4.78, 5) is 14.9. The summed E-state index contributed by atoms with van der Waals surface area (Å²) in [5.74, 6) is -1.01. The second kappa shape index (κ2) is 3.06. The molecule has 0 aliphatic carbocycles. The number of nitrogens with two attached hydrogens (primary N) is 1. The van der Waals surface area contributed by atoms with Gasteiger partial charge in [-0.2, -0.15) is 0 Å². The van der Waals surface area contributed by atoms with E-state index in [4.69, 9.17) is 5.73 Å². The van der Waals surface area contributed by atoms with Crippen LogP contribution >= 0.6 is 0 Å². The first kappa shape index (κ1) is 8.62. The van der Waals surface area contributed by atoms with E-state index in [9.17, 15) is 9.18 Å². The van der Waals surface area contributed by atoms with Crippen LogP contribution in [0.1, 0.15) is 10.4 Å². The Kier molecular flexibility index (Phi) is 1.89. The standard InChI is InChI=1S/C10H7FN2O/c11-8-4-3-7(10(12)14)9-6(8)2-1-5-13-9/h1-5H,(H2,12,14). The van der Waals surface area contributed by atoms with Crippen molar-refractivity contribution in [2.75, 3.05) is 0 Å². The zero-order chi connectivity index (χ0) is 10.1. The molecule has 1 aromatic heterocycles. The van der Waals surface area contributed by atoms with Crippen LogP contribution in [0.5, 0.6) is 0 Å². The number of hydrogen-bond acceptors (Lipinski definition) is 2. The van der Waals surface area contributed by atoms with Crippen LogP contribution in [0.15, 0.2) is 30.5 Å². The molecule has 2 aromatic rings. The SMILES string of the molecule is NC(=O)c1ccc(F)c2cccnc12. The quantitative estimate of drug-likeness (QED) is 0.740. The molecule has 0 saturated carbocycles. The first-order valence-corrected chi connectivity index (χ1v) is 4.03. The monoisotopic (exact) mass is 190 g/mol. The van der Waals surface area contributed by atoms with Gasteiger partial charge in [0, 0.05) is 11.6 Å². The number of rotatable bonds is 1. The molecule has 4 heteroatoms. The summed E-state index contributed by atoms with van der Waals surface area (Å²) in [6.45, 7) is 0. The molecule has 2 rings (SSSR count). The smallest absolute Gasteiger partial charge is 0.250 e. The van der Waals surface area contributed by atoms with Crippen molar-refractivity contribution in [1.29, 1.82) is 0 Å². The number of halogens is 1. The largest absolute Gasteiger partial charge is 0.366 e. The number of benzene rings is 1. The molecule has 0 fully saturated rings. The summed E-state index contributed by atoms with van der Waals surface area (Å²) in [6, 6.07) is 5.72. The Labute approximate surface area is 79.4 Å². The summed E-state index contributed by atoms with van der Waals surface area (Å²) in [6.07, 6.45) is 1.49. The van der Waals surface area contributed by atoms with E-state index in [1.54, 1.807) is 12.1 Å². The van der Waals surface area contributed by atoms with E-state index in [2.05, 4.69) is 4.98 Å². The van der Waals surface area contributed by atoms with Gasteiger partial charge in [0.05, 0.1) is 11.1 Å². The molecule has 0 radical (unpaired) electrons. The topological polar surface area (TPSA) is 56.0 Å². The van der Waals surface area contributed by atoms with Gasteiger partial charge in [-0.1, -0.05) is 0 Å². The van der Waals surface area contributed by atoms with E-state index in [-0.39, 0.29) is 5.56 Å². The van der Waals surface area contributed by atoms with Gasteiger partial charge in [0.25, 0.3) is 5.91 Å². The average Bonchev–Trinajstić information content (AvgIpc) is 2.18. The van der Waals surface area contributed by atoms with Gasteiger partial charge in [-0.15, -0.1) is 0 Å². The minimum Gasteiger partial charge on any atom is -0.366 e. The van der Waals surface area contributed by atoms with Crippen molar-refractivity contribution in [3.05, 3.63) is 41.8 Å². The Morgan fingerprint density at radius 3 is 2.86 bits per heavy atom. The molecule has 0 aliphatic heterocycles. The zero-order valence-electron chi connectivity index (χ0n) is 7.20. The number of carbonyl (C=O) groups is 1. The van der Waals surface area contributed by atoms with Crippen molar-refractivity contribution in [2.24, 2.45) is 5.73 Å². The molecule has 1 aromatic carbocycles. The van der Waals surface area contributed by atoms with E-state index in [1.165, 1.54) is 18.3 Å². The van der Waals surface area contributed by atoms with Crippen molar-refractivity contribution in [3.8, 4) is 0 Å². The maximum atomic E-state index is 13.2. The highest BCUT2D eigenvalue weighted by Crippen LogP contribution is 2.18. The summed E-state index contributed by atoms with van der Waals surface area (Å²) < 4.78 is 13.2. The predicted molar refractivity (Wildman–Crippen MR) is 50.2 cm³/mol. The zero-order valence-corrected chi connectivity index (χ0v) is 7.20. The van der Waals surface area contributed by atoms with Crippen molar-refractivity contribution in [1.82, 2.24) is 4.98 Å². The van der Waals surface area contributed by atoms with Gasteiger partial charge >= 0.3 is 0 Å². The van der Waals surface area contributed by atoms with Gasteiger partial charge in [0.15, 0.2) is 0 Å². The lowest BCUT2D eigenvalue weighted by molar-refractivity contribution is 0.100. The number of fused-ring (bicyclic) bond motifs is 1. The maximum absolute atomic E-state index is 13.2. The van der Waals surface area contributed by atoms with Crippen LogP contribution in [-0.2, 0) is 0 Å². The number of nitrogens with zero attached hydrogens (tertiary/aromatic N) is 1. The van der Waals surface area contributed by atoms with E-state index in [1.807, 2.05) is 0 Å². The third kappa shape index (κ3) is 1.21. The second-order valence-electron chi connectivity index (χ2n) is 2.86. The minimum absolute atomic E-state index is 0.238. The Hall–Kier alpha value is -1.97. The highest BCUT2D eigenvalue weighted by Gasteiger charge is 2.09. The van der Waals surface area contributed by atoms with Gasteiger partial charge in [-0.05, 0) is 24.3 Å². The number of pyridine rings is 1. The Morgan fingerprint density at radius 1 is 1.36 bits per heavy atom. The van der Waals surface area contributed by atoms with Crippen LogP contribution in [0.25, 0.3) is 10.9 Å². The first-order chi connectivity index (χ1) is 6.70. The molecule has 14 heavy (non-hydrogen) atoms. The third-order valence-electron chi connectivity index (χ3n) is 1.98. The van der Waals surface area contributed by atoms with Crippen LogP contribution < -0.4 is 5.73 Å². The number of aromatic nitrogens is 1. The van der Waals surface area contributed by atoms with Gasteiger partial charge in [0.2, 0.25) is 0 Å². The third-order valence-corrected chi connectivity index (χ3v) is 1.98. The van der Waals surface area contributed by atoms with Crippen molar-refractivity contribution >= 4 is 16.8 Å². The van der Waals surface area contributed by atoms with Crippen LogP contribution in [0.2, 0.25) is 0 Å². The van der Waals surface area contributed by atoms with E-state index in [0.717, 1.165) is 0 Å². The summed E-state index contributed by atoms with van der Waals surface area (Å²) in [5.41, 5.74) is 5.67. The van der Waals surface area contributed by atoms with Gasteiger partial charge in [-0.3, -0.25) is 9.78 Å². The van der Waals surface area contributed by atoms with E-state index < -0.39 is 11.7 Å². The number of carbonyl (C=O) groups excluding carboxylic acids is 1. The number of amides is 1. The fraction of sp³-hybridized carbons (Fsp3) is 0. The summed E-state index contributed by atoms with van der Waals surface area (Å²) in [7, 11) is 0. The molecular formula is C10H7FN2O. The predicted octanol–water partition coefficient (Wildman–Crippen LogP) is 1.47. The molecule has 0 spiro atoms. The first-order valence-electron chi connectivity index (χ1n) is 4.03. The average molecular weight is 190 g/mol. The molecule has 0 aliphatic rings. The molecule has 70 valence electrons. The van der Waals surface area contributed by atoms with Gasteiger partial charge < -0.3 is 5.73 Å². The minimum atomic E-state index is -0.603. The Bertz CT molecular complexity index is 510. The van der Waals surface area contributed by atoms with Crippen molar-refractivity contribution in [3.63, 3.8) is 0 Å². The van der Waals surface area contributed by atoms with Crippen LogP contribution in [0.3, 0.4) is 0 Å². The molecule has 0 unspecified atom stereocenters. The fourth-order valence-corrected chi connectivity index (χ4v) is 1.34. The molecule has 0 saturated heterocycles. The lowest BCUT2D eigenvalue weighted by atomic mass is 10.1. The molecule has 1 heterocycles. The molecule has 3 nitrogen and oxygen atoms in total. The lowest BCUT2D eigenvalue weighted by Crippen LogP contribution is -2.12. The van der Waals surface area contributed by atoms with Gasteiger partial charge in [-0.25, -0.2) is 4.39 Å². The normalized spacial score (nSPS) is 10.4. The van der Waals surface area contributed by atoms with Crippen LogP contribution in [-0.4, -0.2) is 10.9 Å². The summed E-state index contributed by atoms with van der Waals surface area (Å²) >= 11 is 0. The number of hydrogen-bond donors (Lipinski definition) is 1. The highest BCUT2D eigenvalue weighted by atomic mass is 19.1. The van der Waals surface area contributed by atoms with Crippen LogP contribution in [0, 0.1) is 5.82 Å². The Morgan fingerprint density at radius 2 is 2.14 bits per heavy atom. The van der Waals surface area contributed by atoms with E-state index in [0.29, 0.717) is 10.9 Å². The van der Waals surface area contributed by atoms with Gasteiger partial charge in [0.1, 0.15) is 5.82 Å². The molecule has 0 atom stereocenters. The number of primary amides is 1. The maximum Gasteiger partial charge on any atom is 0.250 e. The van der Waals surface area contributed by atoms with Crippen LogP contribution in [0.4, 0.5) is 4.39 Å². The Balaban J connectivity index is 2.88. The fourth-order valence-electron chi connectivity index (χ4n) is 1.34. The molecular weight excluding hydrogens is 183 g/mol.